The number of aromatic nitrogens is 1. The lowest BCUT2D eigenvalue weighted by Crippen LogP contribution is -2.19. The summed E-state index contributed by atoms with van der Waals surface area (Å²) in [5, 5.41) is -0.236. The van der Waals surface area contributed by atoms with Crippen molar-refractivity contribution in [2.45, 2.75) is 6.18 Å². The van der Waals surface area contributed by atoms with Gasteiger partial charge in [-0.3, -0.25) is 4.79 Å². The number of alkyl halides is 3. The van der Waals surface area contributed by atoms with Crippen LogP contribution in [0.1, 0.15) is 5.56 Å². The van der Waals surface area contributed by atoms with E-state index < -0.39 is 17.3 Å². The quantitative estimate of drug-likeness (QED) is 0.602. The summed E-state index contributed by atoms with van der Waals surface area (Å²) >= 11 is 5.39. The topological polar surface area (TPSA) is 22.0 Å². The largest absolute Gasteiger partial charge is 0.416 e. The highest BCUT2D eigenvalue weighted by Crippen LogP contribution is 2.29. The number of halogens is 4. The number of hydrogen-bond acceptors (Lipinski definition) is 1. The van der Waals surface area contributed by atoms with Crippen LogP contribution in [0.3, 0.4) is 0 Å². The summed E-state index contributed by atoms with van der Waals surface area (Å²) in [5.41, 5.74) is -1.81. The van der Waals surface area contributed by atoms with E-state index >= 15 is 0 Å². The molecule has 6 heteroatoms. The summed E-state index contributed by atoms with van der Waals surface area (Å²) in [5.74, 6) is 0. The molecule has 0 spiro atoms. The Morgan fingerprint density at radius 3 is 2.31 bits per heavy atom. The minimum atomic E-state index is -4.53. The average molecular weight is 212 g/mol. The maximum absolute atomic E-state index is 12.1. The zero-order valence-corrected chi connectivity index (χ0v) is 7.28. The predicted molar refractivity (Wildman–Crippen MR) is 41.7 cm³/mol. The van der Waals surface area contributed by atoms with E-state index in [9.17, 15) is 18.0 Å². The summed E-state index contributed by atoms with van der Waals surface area (Å²) in [7, 11) is 1.30. The van der Waals surface area contributed by atoms with E-state index in [1.54, 1.807) is 0 Å². The SMILES string of the molecule is Cn1c(Cl)cc(C(F)(F)F)cc1=O. The predicted octanol–water partition coefficient (Wildman–Crippen LogP) is 2.06. The van der Waals surface area contributed by atoms with Crippen LogP contribution < -0.4 is 5.56 Å². The van der Waals surface area contributed by atoms with Gasteiger partial charge in [-0.05, 0) is 6.07 Å². The second-order valence-electron chi connectivity index (χ2n) is 2.46. The molecule has 0 bridgehead atoms. The second-order valence-corrected chi connectivity index (χ2v) is 2.85. The van der Waals surface area contributed by atoms with Gasteiger partial charge in [-0.1, -0.05) is 11.6 Å². The van der Waals surface area contributed by atoms with Crippen LogP contribution >= 0.6 is 11.6 Å². The van der Waals surface area contributed by atoms with Crippen LogP contribution in [0.5, 0.6) is 0 Å². The molecule has 72 valence electrons. The van der Waals surface area contributed by atoms with E-state index in [0.717, 1.165) is 4.57 Å². The van der Waals surface area contributed by atoms with Crippen LogP contribution in [0.4, 0.5) is 13.2 Å². The molecule has 0 aliphatic carbocycles. The minimum Gasteiger partial charge on any atom is -0.302 e. The van der Waals surface area contributed by atoms with Crippen molar-refractivity contribution >= 4 is 11.6 Å². The van der Waals surface area contributed by atoms with Crippen molar-refractivity contribution in [1.29, 1.82) is 0 Å². The smallest absolute Gasteiger partial charge is 0.302 e. The summed E-state index contributed by atoms with van der Waals surface area (Å²) in [4.78, 5) is 10.9. The van der Waals surface area contributed by atoms with E-state index in [4.69, 9.17) is 11.6 Å². The monoisotopic (exact) mass is 211 g/mol. The Bertz CT molecular complexity index is 382. The van der Waals surface area contributed by atoms with E-state index in [1.165, 1.54) is 7.05 Å². The van der Waals surface area contributed by atoms with Gasteiger partial charge < -0.3 is 4.57 Å². The Morgan fingerprint density at radius 2 is 1.92 bits per heavy atom. The Kier molecular flexibility index (Phi) is 2.38. The zero-order valence-electron chi connectivity index (χ0n) is 6.52. The first-order valence-corrected chi connectivity index (χ1v) is 3.64. The summed E-state index contributed by atoms with van der Waals surface area (Å²) < 4.78 is 37.1. The van der Waals surface area contributed by atoms with E-state index in [2.05, 4.69) is 0 Å². The molecule has 0 unspecified atom stereocenters. The molecule has 0 saturated heterocycles. The molecule has 0 aliphatic heterocycles. The van der Waals surface area contributed by atoms with Gasteiger partial charge in [0.25, 0.3) is 5.56 Å². The normalized spacial score (nSPS) is 11.8. The number of hydrogen-bond donors (Lipinski definition) is 0. The molecule has 0 N–H and O–H groups in total. The lowest BCUT2D eigenvalue weighted by atomic mass is 10.2. The van der Waals surface area contributed by atoms with E-state index in [1.807, 2.05) is 0 Å². The minimum absolute atomic E-state index is 0.236. The molecule has 0 atom stereocenters. The van der Waals surface area contributed by atoms with Gasteiger partial charge in [-0.2, -0.15) is 13.2 Å². The molecule has 2 nitrogen and oxygen atoms in total. The van der Waals surface area contributed by atoms with Crippen molar-refractivity contribution in [2.24, 2.45) is 7.05 Å². The van der Waals surface area contributed by atoms with Crippen LogP contribution in [0.2, 0.25) is 5.15 Å². The highest BCUT2D eigenvalue weighted by atomic mass is 35.5. The fourth-order valence-corrected chi connectivity index (χ4v) is 0.966. The number of rotatable bonds is 0. The van der Waals surface area contributed by atoms with Crippen LogP contribution in [0.25, 0.3) is 0 Å². The average Bonchev–Trinajstić information content (AvgIpc) is 1.97. The molecule has 0 aliphatic rings. The van der Waals surface area contributed by atoms with Gasteiger partial charge in [-0.25, -0.2) is 0 Å². The van der Waals surface area contributed by atoms with E-state index in [-0.39, 0.29) is 5.15 Å². The van der Waals surface area contributed by atoms with Crippen molar-refractivity contribution in [3.8, 4) is 0 Å². The lowest BCUT2D eigenvalue weighted by molar-refractivity contribution is -0.137. The molecule has 0 amide bonds. The summed E-state index contributed by atoms with van der Waals surface area (Å²) in [6.45, 7) is 0. The molecule has 0 aromatic carbocycles. The standard InChI is InChI=1S/C7H5ClF3NO/c1-12-5(8)2-4(3-6(12)13)7(9,10)11/h2-3H,1H3. The molecule has 0 radical (unpaired) electrons. The molecular formula is C7H5ClF3NO. The first-order valence-electron chi connectivity index (χ1n) is 3.26. The van der Waals surface area contributed by atoms with Crippen molar-refractivity contribution in [1.82, 2.24) is 4.57 Å². The first kappa shape index (κ1) is 10.1. The molecule has 1 aromatic rings. The van der Waals surface area contributed by atoms with Crippen molar-refractivity contribution in [3.63, 3.8) is 0 Å². The maximum atomic E-state index is 12.1. The van der Waals surface area contributed by atoms with Crippen LogP contribution in [0, 0.1) is 0 Å². The fraction of sp³-hybridized carbons (Fsp3) is 0.286. The van der Waals surface area contributed by atoms with Crippen LogP contribution in [-0.4, -0.2) is 4.57 Å². The Labute approximate surface area is 76.6 Å². The molecule has 1 heterocycles. The lowest BCUT2D eigenvalue weighted by Gasteiger charge is -2.07. The molecule has 1 rings (SSSR count). The van der Waals surface area contributed by atoms with Gasteiger partial charge in [0.1, 0.15) is 5.15 Å². The van der Waals surface area contributed by atoms with Crippen LogP contribution in [-0.2, 0) is 13.2 Å². The van der Waals surface area contributed by atoms with Gasteiger partial charge in [0.15, 0.2) is 0 Å². The first-order chi connectivity index (χ1) is 5.82. The highest BCUT2D eigenvalue weighted by Gasteiger charge is 2.31. The fourth-order valence-electron chi connectivity index (χ4n) is 0.766. The van der Waals surface area contributed by atoms with Crippen molar-refractivity contribution in [3.05, 3.63) is 33.2 Å². The molecule has 0 saturated carbocycles. The third kappa shape index (κ3) is 2.03. The second kappa shape index (κ2) is 3.06. The van der Waals surface area contributed by atoms with Gasteiger partial charge in [-0.15, -0.1) is 0 Å². The molecule has 1 aromatic heterocycles. The van der Waals surface area contributed by atoms with Gasteiger partial charge in [0.2, 0.25) is 0 Å². The summed E-state index contributed by atoms with van der Waals surface area (Å²) in [6, 6.07) is 1.22. The molecule has 0 fully saturated rings. The Morgan fingerprint density at radius 1 is 1.38 bits per heavy atom. The van der Waals surface area contributed by atoms with Gasteiger partial charge in [0.05, 0.1) is 5.56 Å². The molecular weight excluding hydrogens is 207 g/mol. The Balaban J connectivity index is 3.38. The Hall–Kier alpha value is -0.970. The van der Waals surface area contributed by atoms with Crippen LogP contribution in [0.15, 0.2) is 16.9 Å². The molecule has 13 heavy (non-hydrogen) atoms. The highest BCUT2D eigenvalue weighted by molar-refractivity contribution is 6.29. The van der Waals surface area contributed by atoms with Gasteiger partial charge >= 0.3 is 6.18 Å². The van der Waals surface area contributed by atoms with Crippen molar-refractivity contribution < 1.29 is 13.2 Å². The third-order valence-corrected chi connectivity index (χ3v) is 1.89. The third-order valence-electron chi connectivity index (χ3n) is 1.53. The number of pyridine rings is 1. The van der Waals surface area contributed by atoms with E-state index in [0.29, 0.717) is 12.1 Å². The summed E-state index contributed by atoms with van der Waals surface area (Å²) in [6.07, 6.45) is -4.53. The number of nitrogens with zero attached hydrogens (tertiary/aromatic N) is 1. The van der Waals surface area contributed by atoms with Crippen molar-refractivity contribution in [2.75, 3.05) is 0 Å². The zero-order chi connectivity index (χ0) is 10.2. The maximum Gasteiger partial charge on any atom is 0.416 e. The van der Waals surface area contributed by atoms with Gasteiger partial charge in [0, 0.05) is 13.1 Å².